The van der Waals surface area contributed by atoms with Crippen LogP contribution in [0.25, 0.3) is 5.57 Å². The van der Waals surface area contributed by atoms with Crippen LogP contribution < -0.4 is 0 Å². The topological polar surface area (TPSA) is 26.3 Å². The molecule has 1 unspecified atom stereocenters. The molecule has 0 spiro atoms. The molecule has 1 atom stereocenters. The third kappa shape index (κ3) is 1.37. The molecule has 76 valence electrons. The van der Waals surface area contributed by atoms with Gasteiger partial charge in [0.2, 0.25) is 0 Å². The van der Waals surface area contributed by atoms with Crippen LogP contribution in [0.1, 0.15) is 11.1 Å². The lowest BCUT2D eigenvalue weighted by molar-refractivity contribution is 0.271. The van der Waals surface area contributed by atoms with E-state index < -0.39 is 7.80 Å². The van der Waals surface area contributed by atoms with Gasteiger partial charge in [0.1, 0.15) is 14.4 Å². The molecule has 1 aromatic rings. The minimum Gasteiger partial charge on any atom is -0.486 e. The van der Waals surface area contributed by atoms with Crippen molar-refractivity contribution in [3.63, 3.8) is 0 Å². The zero-order chi connectivity index (χ0) is 10.3. The molecule has 3 heteroatoms. The molecule has 0 saturated carbocycles. The fourth-order valence-electron chi connectivity index (χ4n) is 2.08. The van der Waals surface area contributed by atoms with E-state index in [0.29, 0.717) is 12.8 Å². The highest BCUT2D eigenvalue weighted by atomic mass is 31.1. The number of allylic oxidation sites excluding steroid dienone is 2. The summed E-state index contributed by atoms with van der Waals surface area (Å²) in [5.74, 6) is 0. The number of hydrogen-bond donors (Lipinski definition) is 0. The monoisotopic (exact) mass is 218 g/mol. The smallest absolute Gasteiger partial charge is 0.161 e. The Hall–Kier alpha value is -1.27. The molecule has 0 radical (unpaired) electrons. The van der Waals surface area contributed by atoms with Crippen LogP contribution in [-0.2, 0) is 15.5 Å². The van der Waals surface area contributed by atoms with E-state index >= 15 is 0 Å². The van der Waals surface area contributed by atoms with Crippen LogP contribution in [0.3, 0.4) is 0 Å². The van der Waals surface area contributed by atoms with Crippen LogP contribution in [-0.4, -0.2) is 6.61 Å². The van der Waals surface area contributed by atoms with Gasteiger partial charge in [-0.25, -0.2) is 0 Å². The van der Waals surface area contributed by atoms with Gasteiger partial charge in [0.15, 0.2) is 5.50 Å². The molecule has 2 aliphatic rings. The van der Waals surface area contributed by atoms with Gasteiger partial charge in [0.25, 0.3) is 0 Å². The average Bonchev–Trinajstić information content (AvgIpc) is 2.30. The molecule has 0 saturated heterocycles. The van der Waals surface area contributed by atoms with Crippen LogP contribution in [0.2, 0.25) is 0 Å². The second-order valence-corrected chi connectivity index (χ2v) is 5.37. The zero-order valence-electron chi connectivity index (χ0n) is 8.19. The number of rotatable bonds is 0. The molecule has 1 aromatic carbocycles. The van der Waals surface area contributed by atoms with E-state index in [1.54, 1.807) is 0 Å². The highest BCUT2D eigenvalue weighted by Gasteiger charge is 2.25. The first-order valence-electron chi connectivity index (χ1n) is 5.01. The molecule has 2 aliphatic heterocycles. The maximum atomic E-state index is 12.0. The third-order valence-electron chi connectivity index (χ3n) is 2.76. The van der Waals surface area contributed by atoms with E-state index in [9.17, 15) is 4.57 Å². The van der Waals surface area contributed by atoms with Crippen molar-refractivity contribution in [3.8, 4) is 0 Å². The number of hydrogen-bond acceptors (Lipinski definition) is 2. The Morgan fingerprint density at radius 3 is 3.07 bits per heavy atom. The molecule has 0 aliphatic carbocycles. The Labute approximate surface area is 89.0 Å². The summed E-state index contributed by atoms with van der Waals surface area (Å²) in [6.45, 7) is 0.553. The molecule has 15 heavy (non-hydrogen) atoms. The summed E-state index contributed by atoms with van der Waals surface area (Å²) in [7, 11) is -1.75. The minimum atomic E-state index is -1.75. The number of benzene rings is 1. The first kappa shape index (κ1) is 8.99. The lowest BCUT2D eigenvalue weighted by Crippen LogP contribution is -2.05. The maximum absolute atomic E-state index is 12.0. The van der Waals surface area contributed by atoms with Crippen molar-refractivity contribution in [1.29, 1.82) is 0 Å². The number of fused-ring (bicyclic) bond motifs is 2. The predicted molar refractivity (Wildman–Crippen MR) is 61.2 cm³/mol. The maximum Gasteiger partial charge on any atom is 0.161 e. The van der Waals surface area contributed by atoms with Gasteiger partial charge in [-0.3, -0.25) is 0 Å². The first-order valence-corrected chi connectivity index (χ1v) is 6.63. The summed E-state index contributed by atoms with van der Waals surface area (Å²) < 4.78 is 17.4. The molecular formula is C12H11O2P. The van der Waals surface area contributed by atoms with E-state index in [1.807, 2.05) is 30.4 Å². The Morgan fingerprint density at radius 2 is 2.13 bits per heavy atom. The third-order valence-corrected chi connectivity index (χ3v) is 4.39. The van der Waals surface area contributed by atoms with Crippen molar-refractivity contribution in [1.82, 2.24) is 0 Å². The van der Waals surface area contributed by atoms with Gasteiger partial charge in [-0.05, 0) is 17.2 Å². The lowest BCUT2D eigenvalue weighted by Gasteiger charge is -2.23. The predicted octanol–water partition coefficient (Wildman–Crippen LogP) is 3.01. The highest BCUT2D eigenvalue weighted by molar-refractivity contribution is 7.48. The second-order valence-electron chi connectivity index (χ2n) is 3.71. The summed E-state index contributed by atoms with van der Waals surface area (Å²) in [6.07, 6.45) is 4.64. The van der Waals surface area contributed by atoms with Gasteiger partial charge in [-0.15, -0.1) is 0 Å². The summed E-state index contributed by atoms with van der Waals surface area (Å²) in [5, 5.41) is 0. The van der Waals surface area contributed by atoms with E-state index in [-0.39, 0.29) is 0 Å². The summed E-state index contributed by atoms with van der Waals surface area (Å²) in [5.41, 5.74) is 4.09. The van der Waals surface area contributed by atoms with Crippen LogP contribution in [0.4, 0.5) is 0 Å². The molecule has 0 fully saturated rings. The van der Waals surface area contributed by atoms with Crippen LogP contribution in [0.5, 0.6) is 0 Å². The van der Waals surface area contributed by atoms with Gasteiger partial charge >= 0.3 is 0 Å². The van der Waals surface area contributed by atoms with Gasteiger partial charge in [0, 0.05) is 11.7 Å². The molecule has 3 rings (SSSR count). The molecule has 2 heterocycles. The van der Waals surface area contributed by atoms with Crippen molar-refractivity contribution < 1.29 is 9.30 Å². The van der Waals surface area contributed by atoms with Crippen LogP contribution in [0, 0.1) is 0 Å². The van der Waals surface area contributed by atoms with Gasteiger partial charge in [0.05, 0.1) is 0 Å². The van der Waals surface area contributed by atoms with Crippen molar-refractivity contribution in [2.45, 2.75) is 6.16 Å². The van der Waals surface area contributed by atoms with Crippen LogP contribution >= 0.6 is 7.80 Å². The fraction of sp³-hybridized carbons (Fsp3) is 0.167. The second kappa shape index (κ2) is 3.39. The largest absolute Gasteiger partial charge is 0.486 e. The average molecular weight is 218 g/mol. The fourth-order valence-corrected chi connectivity index (χ4v) is 3.66. The van der Waals surface area contributed by atoms with Crippen molar-refractivity contribution >= 4 is 13.4 Å². The van der Waals surface area contributed by atoms with Crippen molar-refractivity contribution in [2.24, 2.45) is 0 Å². The Morgan fingerprint density at radius 1 is 1.27 bits per heavy atom. The van der Waals surface area contributed by atoms with E-state index in [4.69, 9.17) is 4.74 Å². The lowest BCUT2D eigenvalue weighted by atomic mass is 10.0. The minimum absolute atomic E-state index is 0.553. The Bertz CT molecular complexity index is 500. The Balaban J connectivity index is 2.25. The molecule has 2 nitrogen and oxygen atoms in total. The van der Waals surface area contributed by atoms with Gasteiger partial charge in [-0.2, -0.15) is 0 Å². The van der Waals surface area contributed by atoms with E-state index in [0.717, 1.165) is 11.1 Å². The van der Waals surface area contributed by atoms with Crippen LogP contribution in [0.15, 0.2) is 41.9 Å². The summed E-state index contributed by atoms with van der Waals surface area (Å²) >= 11 is 0. The van der Waals surface area contributed by atoms with E-state index in [2.05, 4.69) is 6.07 Å². The molecular weight excluding hydrogens is 207 g/mol. The molecule has 0 aromatic heterocycles. The molecule has 0 bridgehead atoms. The first-order chi connectivity index (χ1) is 7.36. The summed E-state index contributed by atoms with van der Waals surface area (Å²) in [4.78, 5) is 0. The molecule has 0 amide bonds. The molecule has 0 N–H and O–H groups in total. The zero-order valence-corrected chi connectivity index (χ0v) is 9.19. The van der Waals surface area contributed by atoms with Crippen molar-refractivity contribution in [2.75, 3.05) is 6.61 Å². The standard InChI is InChI=1S/C12H11O2P/c13-15-8-9-4-1-2-5-10(9)11-6-3-7-14-12(11)15/h1-6,15H,7-8H2. The van der Waals surface area contributed by atoms with Gasteiger partial charge < -0.3 is 9.30 Å². The van der Waals surface area contributed by atoms with E-state index in [1.165, 1.54) is 11.1 Å². The van der Waals surface area contributed by atoms with Crippen molar-refractivity contribution in [3.05, 3.63) is 53.0 Å². The normalized spacial score (nSPS) is 23.1. The van der Waals surface area contributed by atoms with Gasteiger partial charge in [-0.1, -0.05) is 30.3 Å². The quantitative estimate of drug-likeness (QED) is 0.625. The number of ether oxygens (including phenoxy) is 1. The SMILES string of the molecule is O=[PH]1Cc2ccccc2C2=C1OCC=C2. The highest BCUT2D eigenvalue weighted by Crippen LogP contribution is 2.48. The Kier molecular flexibility index (Phi) is 2.03. The summed E-state index contributed by atoms with van der Waals surface area (Å²) in [6, 6.07) is 8.11.